The lowest BCUT2D eigenvalue weighted by Crippen LogP contribution is -2.32. The molecular weight excluding hydrogens is 180 g/mol. The van der Waals surface area contributed by atoms with Gasteiger partial charge in [0.15, 0.2) is 0 Å². The Kier molecular flexibility index (Phi) is 2.51. The Morgan fingerprint density at radius 1 is 1.67 bits per heavy atom. The van der Waals surface area contributed by atoms with Crippen molar-refractivity contribution in [3.8, 4) is 0 Å². The lowest BCUT2D eigenvalue weighted by molar-refractivity contribution is 0.459. The van der Waals surface area contributed by atoms with Crippen LogP contribution in [0.2, 0.25) is 0 Å². The summed E-state index contributed by atoms with van der Waals surface area (Å²) >= 11 is 0. The zero-order valence-electron chi connectivity index (χ0n) is 6.52. The van der Waals surface area contributed by atoms with Gasteiger partial charge in [-0.15, -0.1) is 0 Å². The zero-order chi connectivity index (χ0) is 9.19. The molecule has 0 spiro atoms. The van der Waals surface area contributed by atoms with Crippen LogP contribution in [0, 0.1) is 0 Å². The largest absolute Gasteiger partial charge is 0.468 e. The highest BCUT2D eigenvalue weighted by Gasteiger charge is 2.12. The van der Waals surface area contributed by atoms with Gasteiger partial charge in [-0.25, -0.2) is 5.14 Å². The van der Waals surface area contributed by atoms with Crippen LogP contribution < -0.4 is 9.86 Å². The summed E-state index contributed by atoms with van der Waals surface area (Å²) in [4.78, 5) is 0. The van der Waals surface area contributed by atoms with E-state index >= 15 is 0 Å². The fourth-order valence-electron chi connectivity index (χ4n) is 0.842. The van der Waals surface area contributed by atoms with Crippen molar-refractivity contribution in [3.05, 3.63) is 24.2 Å². The lowest BCUT2D eigenvalue weighted by atomic mass is 10.3. The normalized spacial score (nSPS) is 14.5. The van der Waals surface area contributed by atoms with E-state index < -0.39 is 16.3 Å². The summed E-state index contributed by atoms with van der Waals surface area (Å²) in [6.07, 6.45) is 1.47. The van der Waals surface area contributed by atoms with Gasteiger partial charge in [0.25, 0.3) is 10.2 Å². The van der Waals surface area contributed by atoms with Crippen LogP contribution in [-0.4, -0.2) is 8.42 Å². The van der Waals surface area contributed by atoms with Gasteiger partial charge in [-0.3, -0.25) is 0 Å². The fraction of sp³-hybridized carbons (Fsp3) is 0.333. The van der Waals surface area contributed by atoms with Crippen molar-refractivity contribution in [2.75, 3.05) is 0 Å². The zero-order valence-corrected chi connectivity index (χ0v) is 7.34. The number of furan rings is 1. The highest BCUT2D eigenvalue weighted by Crippen LogP contribution is 2.11. The van der Waals surface area contributed by atoms with Crippen LogP contribution in [0.5, 0.6) is 0 Å². The Balaban J connectivity index is 2.68. The maximum Gasteiger partial charge on any atom is 0.275 e. The first-order valence-corrected chi connectivity index (χ1v) is 4.87. The second-order valence-corrected chi connectivity index (χ2v) is 3.73. The van der Waals surface area contributed by atoms with Crippen LogP contribution in [0.4, 0.5) is 0 Å². The standard InChI is InChI=1S/C6H10N2O3S/c1-5(8-12(7,9)10)6-3-2-4-11-6/h2-5,8H,1H3,(H2,7,9,10)/t5-/m0/s1. The predicted octanol–water partition coefficient (Wildman–Crippen LogP) is 0.134. The molecule has 0 fully saturated rings. The summed E-state index contributed by atoms with van der Waals surface area (Å²) in [5.41, 5.74) is 0. The molecule has 0 aliphatic rings. The van der Waals surface area contributed by atoms with Crippen molar-refractivity contribution in [2.45, 2.75) is 13.0 Å². The number of nitrogens with one attached hydrogen (secondary N) is 1. The molecule has 1 aromatic heterocycles. The molecule has 0 bridgehead atoms. The first kappa shape index (κ1) is 9.24. The fourth-order valence-corrected chi connectivity index (χ4v) is 1.45. The summed E-state index contributed by atoms with van der Waals surface area (Å²) in [5, 5.41) is 4.76. The smallest absolute Gasteiger partial charge is 0.275 e. The molecule has 0 saturated carbocycles. The first-order valence-electron chi connectivity index (χ1n) is 3.32. The van der Waals surface area contributed by atoms with Crippen LogP contribution in [0.1, 0.15) is 18.7 Å². The Hall–Kier alpha value is -0.850. The monoisotopic (exact) mass is 190 g/mol. The molecule has 1 aromatic rings. The van der Waals surface area contributed by atoms with Gasteiger partial charge in [0.05, 0.1) is 12.3 Å². The second-order valence-electron chi connectivity index (χ2n) is 2.40. The molecule has 0 aliphatic heterocycles. The molecule has 6 heteroatoms. The molecule has 1 heterocycles. The Morgan fingerprint density at radius 2 is 2.33 bits per heavy atom. The molecule has 3 N–H and O–H groups in total. The SMILES string of the molecule is C[C@H](NS(N)(=O)=O)c1ccco1. The van der Waals surface area contributed by atoms with E-state index in [2.05, 4.69) is 4.72 Å². The quantitative estimate of drug-likeness (QED) is 0.710. The number of nitrogens with two attached hydrogens (primary N) is 1. The third-order valence-corrected chi connectivity index (χ3v) is 1.99. The minimum Gasteiger partial charge on any atom is -0.468 e. The van der Waals surface area contributed by atoms with Crippen molar-refractivity contribution in [2.24, 2.45) is 5.14 Å². The van der Waals surface area contributed by atoms with E-state index in [0.717, 1.165) is 0 Å². The third-order valence-electron chi connectivity index (χ3n) is 1.31. The molecule has 5 nitrogen and oxygen atoms in total. The van der Waals surface area contributed by atoms with Crippen LogP contribution in [-0.2, 0) is 10.2 Å². The van der Waals surface area contributed by atoms with Gasteiger partial charge >= 0.3 is 0 Å². The van der Waals surface area contributed by atoms with Gasteiger partial charge in [-0.05, 0) is 19.1 Å². The van der Waals surface area contributed by atoms with Crippen LogP contribution in [0.3, 0.4) is 0 Å². The minimum atomic E-state index is -3.66. The predicted molar refractivity (Wildman–Crippen MR) is 43.4 cm³/mol. The van der Waals surface area contributed by atoms with Gasteiger partial charge in [0, 0.05) is 0 Å². The maximum absolute atomic E-state index is 10.6. The van der Waals surface area contributed by atoms with E-state index in [4.69, 9.17) is 9.56 Å². The van der Waals surface area contributed by atoms with Gasteiger partial charge in [-0.2, -0.15) is 13.1 Å². The van der Waals surface area contributed by atoms with E-state index in [0.29, 0.717) is 5.76 Å². The van der Waals surface area contributed by atoms with Gasteiger partial charge in [-0.1, -0.05) is 0 Å². The average molecular weight is 190 g/mol. The Morgan fingerprint density at radius 3 is 2.75 bits per heavy atom. The van der Waals surface area contributed by atoms with Crippen molar-refractivity contribution < 1.29 is 12.8 Å². The summed E-state index contributed by atoms with van der Waals surface area (Å²) in [6.45, 7) is 1.64. The highest BCUT2D eigenvalue weighted by molar-refractivity contribution is 7.87. The summed E-state index contributed by atoms with van der Waals surface area (Å²) in [5.74, 6) is 0.532. The summed E-state index contributed by atoms with van der Waals surface area (Å²) in [7, 11) is -3.66. The van der Waals surface area contributed by atoms with Crippen molar-refractivity contribution >= 4 is 10.2 Å². The molecular formula is C6H10N2O3S. The molecule has 1 rings (SSSR count). The highest BCUT2D eigenvalue weighted by atomic mass is 32.2. The van der Waals surface area contributed by atoms with Gasteiger partial charge in [0.2, 0.25) is 0 Å². The summed E-state index contributed by atoms with van der Waals surface area (Å²) in [6, 6.07) is 2.91. The van der Waals surface area contributed by atoms with Crippen LogP contribution in [0.25, 0.3) is 0 Å². The molecule has 68 valence electrons. The van der Waals surface area contributed by atoms with Crippen molar-refractivity contribution in [3.63, 3.8) is 0 Å². The lowest BCUT2D eigenvalue weighted by Gasteiger charge is -2.07. The summed E-state index contributed by atoms with van der Waals surface area (Å²) < 4.78 is 28.3. The molecule has 0 amide bonds. The molecule has 0 saturated heterocycles. The first-order chi connectivity index (χ1) is 5.49. The average Bonchev–Trinajstić information content (AvgIpc) is 2.32. The second kappa shape index (κ2) is 3.26. The van der Waals surface area contributed by atoms with Crippen molar-refractivity contribution in [1.82, 2.24) is 4.72 Å². The number of rotatable bonds is 3. The number of hydrogen-bond donors (Lipinski definition) is 2. The van der Waals surface area contributed by atoms with E-state index in [1.54, 1.807) is 19.1 Å². The molecule has 0 radical (unpaired) electrons. The van der Waals surface area contributed by atoms with Crippen molar-refractivity contribution in [1.29, 1.82) is 0 Å². The number of hydrogen-bond acceptors (Lipinski definition) is 3. The molecule has 12 heavy (non-hydrogen) atoms. The van der Waals surface area contributed by atoms with Crippen LogP contribution >= 0.6 is 0 Å². The van der Waals surface area contributed by atoms with E-state index in [1.807, 2.05) is 0 Å². The van der Waals surface area contributed by atoms with E-state index in [1.165, 1.54) is 6.26 Å². The van der Waals surface area contributed by atoms with E-state index in [9.17, 15) is 8.42 Å². The third kappa shape index (κ3) is 2.65. The van der Waals surface area contributed by atoms with E-state index in [-0.39, 0.29) is 0 Å². The maximum atomic E-state index is 10.6. The molecule has 1 atom stereocenters. The Bertz CT molecular complexity index is 330. The topological polar surface area (TPSA) is 85.3 Å². The Labute approximate surface area is 70.7 Å². The van der Waals surface area contributed by atoms with Crippen LogP contribution in [0.15, 0.2) is 22.8 Å². The molecule has 0 unspecified atom stereocenters. The van der Waals surface area contributed by atoms with Gasteiger partial charge < -0.3 is 4.42 Å². The minimum absolute atomic E-state index is 0.435. The molecule has 0 aromatic carbocycles. The molecule has 0 aliphatic carbocycles. The van der Waals surface area contributed by atoms with Gasteiger partial charge in [0.1, 0.15) is 5.76 Å².